The molecule has 0 aliphatic heterocycles. The normalized spacial score (nSPS) is 18.1. The predicted molar refractivity (Wildman–Crippen MR) is 59.9 cm³/mol. The van der Waals surface area contributed by atoms with Crippen LogP contribution in [0.4, 0.5) is 8.78 Å². The van der Waals surface area contributed by atoms with Crippen LogP contribution in [-0.4, -0.2) is 13.7 Å². The van der Waals surface area contributed by atoms with E-state index in [2.05, 4.69) is 4.72 Å². The molecule has 0 bridgehead atoms. The van der Waals surface area contributed by atoms with Crippen molar-refractivity contribution in [1.82, 2.24) is 4.72 Å². The lowest BCUT2D eigenvalue weighted by Crippen LogP contribution is -2.30. The monoisotopic (exact) mass is 261 g/mol. The highest BCUT2D eigenvalue weighted by atomic mass is 32.2. The Morgan fingerprint density at radius 3 is 2.53 bits per heavy atom. The molecule has 17 heavy (non-hydrogen) atoms. The number of hydrogen-bond acceptors (Lipinski definition) is 2. The number of halogens is 2. The number of hydrogen-bond donors (Lipinski definition) is 1. The van der Waals surface area contributed by atoms with Gasteiger partial charge in [0.1, 0.15) is 11.6 Å². The summed E-state index contributed by atoms with van der Waals surface area (Å²) >= 11 is 0. The van der Waals surface area contributed by atoms with Crippen LogP contribution >= 0.6 is 0 Å². The molecule has 1 atom stereocenters. The Bertz CT molecular complexity index is 526. The van der Waals surface area contributed by atoms with Crippen molar-refractivity contribution >= 4 is 10.0 Å². The van der Waals surface area contributed by atoms with E-state index in [9.17, 15) is 17.2 Å². The molecular formula is C11H13F2NO2S. The molecule has 1 fully saturated rings. The van der Waals surface area contributed by atoms with Gasteiger partial charge in [0.25, 0.3) is 0 Å². The summed E-state index contributed by atoms with van der Waals surface area (Å²) in [5.41, 5.74) is 0.149. The molecule has 0 spiro atoms. The fraction of sp³-hybridized carbons (Fsp3) is 0.455. The molecule has 1 aliphatic rings. The first-order valence-electron chi connectivity index (χ1n) is 5.36. The summed E-state index contributed by atoms with van der Waals surface area (Å²) in [5, 5.41) is -0.353. The predicted octanol–water partition coefficient (Wildman–Crippen LogP) is 2.11. The van der Waals surface area contributed by atoms with Crippen molar-refractivity contribution in [2.45, 2.75) is 31.1 Å². The zero-order valence-corrected chi connectivity index (χ0v) is 10.1. The van der Waals surface area contributed by atoms with Gasteiger partial charge < -0.3 is 0 Å². The van der Waals surface area contributed by atoms with E-state index in [-0.39, 0.29) is 10.8 Å². The van der Waals surface area contributed by atoms with Crippen LogP contribution in [0.5, 0.6) is 0 Å². The van der Waals surface area contributed by atoms with E-state index in [0.717, 1.165) is 12.1 Å². The van der Waals surface area contributed by atoms with E-state index < -0.39 is 27.7 Å². The summed E-state index contributed by atoms with van der Waals surface area (Å²) in [7, 11) is -3.37. The molecule has 3 nitrogen and oxygen atoms in total. The molecule has 0 amide bonds. The third kappa shape index (κ3) is 2.81. The van der Waals surface area contributed by atoms with Gasteiger partial charge in [0.2, 0.25) is 10.0 Å². The lowest BCUT2D eigenvalue weighted by Gasteiger charge is -2.15. The van der Waals surface area contributed by atoms with Gasteiger partial charge in [-0.2, -0.15) is 0 Å². The second kappa shape index (κ2) is 4.34. The average Bonchev–Trinajstić information content (AvgIpc) is 2.98. The summed E-state index contributed by atoms with van der Waals surface area (Å²) in [5.74, 6) is -1.42. The van der Waals surface area contributed by atoms with Gasteiger partial charge in [-0.3, -0.25) is 0 Å². The molecule has 1 aliphatic carbocycles. The highest BCUT2D eigenvalue weighted by Crippen LogP contribution is 2.29. The standard InChI is InChI=1S/C11H13F2NO2S/c1-7(14-17(15,16)9-3-4-9)10-5-2-8(12)6-11(10)13/h2,5-7,9,14H,3-4H2,1H3/t7-/m0/s1. The Kier molecular flexibility index (Phi) is 3.18. The second-order valence-electron chi connectivity index (χ2n) is 4.25. The third-order valence-corrected chi connectivity index (χ3v) is 4.76. The minimum atomic E-state index is -3.37. The number of benzene rings is 1. The van der Waals surface area contributed by atoms with E-state index in [1.165, 1.54) is 13.0 Å². The van der Waals surface area contributed by atoms with E-state index in [1.54, 1.807) is 0 Å². The van der Waals surface area contributed by atoms with Crippen LogP contribution in [0, 0.1) is 11.6 Å². The number of nitrogens with one attached hydrogen (secondary N) is 1. The van der Waals surface area contributed by atoms with Crippen molar-refractivity contribution in [2.24, 2.45) is 0 Å². The Morgan fingerprint density at radius 1 is 1.35 bits per heavy atom. The minimum Gasteiger partial charge on any atom is -0.212 e. The smallest absolute Gasteiger partial charge is 0.212 e. The second-order valence-corrected chi connectivity index (χ2v) is 6.24. The van der Waals surface area contributed by atoms with Crippen LogP contribution in [0.1, 0.15) is 31.4 Å². The molecule has 0 aromatic heterocycles. The average molecular weight is 261 g/mol. The van der Waals surface area contributed by atoms with E-state index in [1.807, 2.05) is 0 Å². The van der Waals surface area contributed by atoms with Crippen LogP contribution in [0.2, 0.25) is 0 Å². The SMILES string of the molecule is C[C@H](NS(=O)(=O)C1CC1)c1ccc(F)cc1F. The van der Waals surface area contributed by atoms with Gasteiger partial charge in [-0.25, -0.2) is 21.9 Å². The quantitative estimate of drug-likeness (QED) is 0.902. The first kappa shape index (κ1) is 12.4. The van der Waals surface area contributed by atoms with E-state index in [0.29, 0.717) is 12.8 Å². The van der Waals surface area contributed by atoms with Crippen LogP contribution in [0.3, 0.4) is 0 Å². The van der Waals surface area contributed by atoms with E-state index in [4.69, 9.17) is 0 Å². The molecule has 1 aromatic rings. The zero-order valence-electron chi connectivity index (χ0n) is 9.28. The molecule has 0 unspecified atom stereocenters. The number of rotatable bonds is 4. The minimum absolute atomic E-state index is 0.149. The lowest BCUT2D eigenvalue weighted by molar-refractivity contribution is 0.539. The Morgan fingerprint density at radius 2 is 2.00 bits per heavy atom. The zero-order chi connectivity index (χ0) is 12.6. The molecule has 94 valence electrons. The molecule has 0 saturated heterocycles. The fourth-order valence-electron chi connectivity index (χ4n) is 1.64. The molecule has 1 N–H and O–H groups in total. The maximum Gasteiger partial charge on any atom is 0.215 e. The maximum absolute atomic E-state index is 13.4. The molecule has 6 heteroatoms. The van der Waals surface area contributed by atoms with E-state index >= 15 is 0 Å². The van der Waals surface area contributed by atoms with Gasteiger partial charge in [-0.15, -0.1) is 0 Å². The summed E-state index contributed by atoms with van der Waals surface area (Å²) in [6, 6.07) is 2.42. The first-order chi connectivity index (χ1) is 7.90. The summed E-state index contributed by atoms with van der Waals surface area (Å²) in [6.07, 6.45) is 1.29. The highest BCUT2D eigenvalue weighted by molar-refractivity contribution is 7.90. The Hall–Kier alpha value is -1.01. The molecule has 0 heterocycles. The third-order valence-electron chi connectivity index (χ3n) is 2.73. The van der Waals surface area contributed by atoms with Gasteiger partial charge in [0.15, 0.2) is 0 Å². The maximum atomic E-state index is 13.4. The van der Waals surface area contributed by atoms with Crippen molar-refractivity contribution in [1.29, 1.82) is 0 Å². The largest absolute Gasteiger partial charge is 0.215 e. The summed E-state index contributed by atoms with van der Waals surface area (Å²) in [6.45, 7) is 1.54. The van der Waals surface area contributed by atoms with Crippen molar-refractivity contribution < 1.29 is 17.2 Å². The molecule has 1 saturated carbocycles. The van der Waals surface area contributed by atoms with Crippen molar-refractivity contribution in [2.75, 3.05) is 0 Å². The highest BCUT2D eigenvalue weighted by Gasteiger charge is 2.36. The molecular weight excluding hydrogens is 248 g/mol. The summed E-state index contributed by atoms with van der Waals surface area (Å²) in [4.78, 5) is 0. The molecule has 2 rings (SSSR count). The van der Waals surface area contributed by atoms with Gasteiger partial charge >= 0.3 is 0 Å². The first-order valence-corrected chi connectivity index (χ1v) is 6.91. The van der Waals surface area contributed by atoms with Gasteiger partial charge in [-0.05, 0) is 25.8 Å². The van der Waals surface area contributed by atoms with Crippen LogP contribution < -0.4 is 4.72 Å². The van der Waals surface area contributed by atoms with Crippen LogP contribution in [0.25, 0.3) is 0 Å². The van der Waals surface area contributed by atoms with Gasteiger partial charge in [0, 0.05) is 17.7 Å². The Balaban J connectivity index is 2.17. The molecule has 0 radical (unpaired) electrons. The van der Waals surface area contributed by atoms with Crippen LogP contribution in [0.15, 0.2) is 18.2 Å². The lowest BCUT2D eigenvalue weighted by atomic mass is 10.1. The van der Waals surface area contributed by atoms with Crippen molar-refractivity contribution in [3.05, 3.63) is 35.4 Å². The molecule has 1 aromatic carbocycles. The Labute approximate surface area is 98.9 Å². The van der Waals surface area contributed by atoms with Gasteiger partial charge in [-0.1, -0.05) is 6.07 Å². The van der Waals surface area contributed by atoms with Gasteiger partial charge in [0.05, 0.1) is 5.25 Å². The summed E-state index contributed by atoms with van der Waals surface area (Å²) < 4.78 is 51.8. The van der Waals surface area contributed by atoms with Crippen molar-refractivity contribution in [3.63, 3.8) is 0 Å². The van der Waals surface area contributed by atoms with Crippen LogP contribution in [-0.2, 0) is 10.0 Å². The number of sulfonamides is 1. The van der Waals surface area contributed by atoms with Crippen molar-refractivity contribution in [3.8, 4) is 0 Å². The topological polar surface area (TPSA) is 46.2 Å². The fourth-order valence-corrected chi connectivity index (χ4v) is 3.21.